The molecule has 7 N–H and O–H groups in total. The van der Waals surface area contributed by atoms with Gasteiger partial charge in [0.1, 0.15) is 12.1 Å². The average Bonchev–Trinajstić information content (AvgIpc) is 3.51. The zero-order valence-electron chi connectivity index (χ0n) is 35.9. The van der Waals surface area contributed by atoms with E-state index in [1.807, 2.05) is 20.8 Å². The first-order valence-corrected chi connectivity index (χ1v) is 19.4. The molecule has 13 nitrogen and oxygen atoms in total. The third kappa shape index (κ3) is 23.1. The Kier molecular flexibility index (Phi) is 26.1. The van der Waals surface area contributed by atoms with Gasteiger partial charge in [-0.15, -0.1) is 0 Å². The zero-order chi connectivity index (χ0) is 41.5. The molecule has 2 fully saturated rings. The van der Waals surface area contributed by atoms with E-state index in [0.29, 0.717) is 70.0 Å². The van der Waals surface area contributed by atoms with Gasteiger partial charge in [0.25, 0.3) is 0 Å². The van der Waals surface area contributed by atoms with Gasteiger partial charge in [-0.25, -0.2) is 0 Å². The van der Waals surface area contributed by atoms with Gasteiger partial charge in [-0.3, -0.25) is 28.8 Å². The second-order valence-electron chi connectivity index (χ2n) is 18.6. The van der Waals surface area contributed by atoms with E-state index in [0.717, 1.165) is 19.3 Å². The van der Waals surface area contributed by atoms with Crippen LogP contribution in [0.1, 0.15) is 148 Å². The van der Waals surface area contributed by atoms with E-state index in [2.05, 4.69) is 67.6 Å². The molecule has 55 heavy (non-hydrogen) atoms. The molecule has 2 rings (SSSR count). The summed E-state index contributed by atoms with van der Waals surface area (Å²) in [5.41, 5.74) is 16.5. The van der Waals surface area contributed by atoms with Crippen molar-refractivity contribution in [1.82, 2.24) is 15.1 Å². The van der Waals surface area contributed by atoms with Crippen LogP contribution in [-0.4, -0.2) is 90.2 Å². The summed E-state index contributed by atoms with van der Waals surface area (Å²) in [6.07, 6.45) is 6.21. The van der Waals surface area contributed by atoms with Gasteiger partial charge >= 0.3 is 5.97 Å². The van der Waals surface area contributed by atoms with E-state index in [4.69, 9.17) is 21.9 Å². The van der Waals surface area contributed by atoms with Crippen molar-refractivity contribution < 1.29 is 33.5 Å². The number of nitrogens with one attached hydrogen (secondary N) is 1. The summed E-state index contributed by atoms with van der Waals surface area (Å²) in [5.74, 6) is -0.352. The predicted octanol–water partition coefficient (Wildman–Crippen LogP) is 5.27. The second-order valence-corrected chi connectivity index (χ2v) is 18.6. The maximum Gasteiger partial charge on any atom is 0.305 e. The first-order valence-electron chi connectivity index (χ1n) is 19.4. The molecule has 0 radical (unpaired) electrons. The van der Waals surface area contributed by atoms with Gasteiger partial charge in [0.2, 0.25) is 29.5 Å². The van der Waals surface area contributed by atoms with Gasteiger partial charge in [-0.05, 0) is 79.1 Å². The number of esters is 1. The number of carbonyl (C=O) groups is 6. The lowest BCUT2D eigenvalue weighted by molar-refractivity contribution is -0.142. The molecule has 14 heteroatoms. The Morgan fingerprint density at radius 3 is 1.35 bits per heavy atom. The number of primary amides is 3. The molecule has 0 aromatic rings. The maximum absolute atomic E-state index is 11.9. The van der Waals surface area contributed by atoms with Gasteiger partial charge in [0.15, 0.2) is 0 Å². The molecular weight excluding hydrogens is 721 g/mol. The van der Waals surface area contributed by atoms with E-state index in [1.54, 1.807) is 9.80 Å². The number of methoxy groups -OCH3 is 1. The van der Waals surface area contributed by atoms with Crippen molar-refractivity contribution in [3.63, 3.8) is 0 Å². The number of amides is 5. The Labute approximate surface area is 341 Å². The molecular formula is C41H82N6O7S. The highest BCUT2D eigenvalue weighted by Gasteiger charge is 2.38. The summed E-state index contributed by atoms with van der Waals surface area (Å²) in [6, 6.07) is -1.18. The molecule has 0 aromatic heterocycles. The second kappa shape index (κ2) is 25.4. The molecule has 3 unspecified atom stereocenters. The van der Waals surface area contributed by atoms with Crippen LogP contribution in [0.3, 0.4) is 0 Å². The van der Waals surface area contributed by atoms with Gasteiger partial charge < -0.3 is 37.1 Å². The minimum atomic E-state index is -0.424. The molecule has 2 aliphatic rings. The number of hydrogen-bond acceptors (Lipinski definition) is 8. The quantitative estimate of drug-likeness (QED) is 0.151. The number of nitrogens with two attached hydrogens (primary N) is 3. The molecule has 5 amide bonds. The van der Waals surface area contributed by atoms with Gasteiger partial charge in [-0.2, -0.15) is 13.5 Å². The van der Waals surface area contributed by atoms with Crippen LogP contribution >= 0.6 is 13.5 Å². The number of hydrogen-bond donors (Lipinski definition) is 4. The fraction of sp³-hybridized carbons (Fsp3) is 0.854. The summed E-state index contributed by atoms with van der Waals surface area (Å²) < 4.78 is 4.72. The summed E-state index contributed by atoms with van der Waals surface area (Å²) in [4.78, 5) is 72.3. The summed E-state index contributed by atoms with van der Waals surface area (Å²) >= 11 is 0. The number of carbonyl (C=O) groups excluding carboxylic acids is 6. The van der Waals surface area contributed by atoms with E-state index < -0.39 is 23.9 Å². The number of ether oxygens (including phenoxy) is 1. The Morgan fingerprint density at radius 2 is 1.09 bits per heavy atom. The lowest BCUT2D eigenvalue weighted by Crippen LogP contribution is -2.45. The Bertz CT molecular complexity index is 1150. The van der Waals surface area contributed by atoms with E-state index >= 15 is 0 Å². The largest absolute Gasteiger partial charge is 0.469 e. The Balaban J connectivity index is -0.000000725. The van der Waals surface area contributed by atoms with Crippen molar-refractivity contribution in [2.75, 3.05) is 26.7 Å². The lowest BCUT2D eigenvalue weighted by atomic mass is 9.83. The summed E-state index contributed by atoms with van der Waals surface area (Å²) in [5, 5.41) is 3.14. The van der Waals surface area contributed by atoms with Crippen LogP contribution < -0.4 is 22.5 Å². The van der Waals surface area contributed by atoms with Crippen molar-refractivity contribution in [2.45, 2.75) is 166 Å². The normalized spacial score (nSPS) is 19.3. The Morgan fingerprint density at radius 1 is 0.709 bits per heavy atom. The van der Waals surface area contributed by atoms with Crippen LogP contribution in [0.2, 0.25) is 0 Å². The third-order valence-electron chi connectivity index (χ3n) is 9.45. The van der Waals surface area contributed by atoms with Crippen molar-refractivity contribution in [3.8, 4) is 0 Å². The van der Waals surface area contributed by atoms with Gasteiger partial charge in [-0.1, -0.05) is 90.5 Å². The first kappa shape index (κ1) is 56.5. The summed E-state index contributed by atoms with van der Waals surface area (Å²) in [6.45, 7) is 27.0. The van der Waals surface area contributed by atoms with Crippen LogP contribution in [-0.2, 0) is 33.5 Å². The van der Waals surface area contributed by atoms with Crippen molar-refractivity contribution in [2.24, 2.45) is 51.2 Å². The number of likely N-dealkylation sites (tertiary alicyclic amines) is 2. The highest BCUT2D eigenvalue weighted by atomic mass is 32.1. The molecule has 0 bridgehead atoms. The molecule has 2 aliphatic heterocycles. The average molecular weight is 803 g/mol. The fourth-order valence-corrected chi connectivity index (χ4v) is 7.53. The van der Waals surface area contributed by atoms with Crippen LogP contribution in [0.5, 0.6) is 0 Å². The molecule has 0 aliphatic carbocycles. The van der Waals surface area contributed by atoms with Crippen LogP contribution in [0.4, 0.5) is 0 Å². The lowest BCUT2D eigenvalue weighted by Gasteiger charge is -2.26. The van der Waals surface area contributed by atoms with Crippen molar-refractivity contribution in [3.05, 3.63) is 0 Å². The molecule has 0 saturated carbocycles. The maximum atomic E-state index is 11.9. The predicted molar refractivity (Wildman–Crippen MR) is 227 cm³/mol. The van der Waals surface area contributed by atoms with Crippen molar-refractivity contribution in [1.29, 1.82) is 0 Å². The SMILES string of the molecule is C.CC[C@@H](C(N)=O)N1CC(CC(C)(C)C)CC1=O.CC[C@@H](C(N)=O)N1CC(CC(C)(C)C)CC1=O.CC[C@H](NCC(CC(=O)OC)CC(C)(C)C)C(N)=O.S. The molecule has 0 aromatic carbocycles. The molecule has 324 valence electrons. The van der Waals surface area contributed by atoms with E-state index in [9.17, 15) is 28.8 Å². The fourth-order valence-electron chi connectivity index (χ4n) is 7.53. The van der Waals surface area contributed by atoms with Gasteiger partial charge in [0.05, 0.1) is 13.2 Å². The zero-order valence-corrected chi connectivity index (χ0v) is 36.9. The number of nitrogens with zero attached hydrogens (tertiary/aromatic N) is 2. The minimum absolute atomic E-state index is 0. The van der Waals surface area contributed by atoms with E-state index in [-0.39, 0.29) is 72.8 Å². The van der Waals surface area contributed by atoms with Gasteiger partial charge in [0, 0.05) is 32.4 Å². The molecule has 6 atom stereocenters. The highest BCUT2D eigenvalue weighted by molar-refractivity contribution is 7.59. The van der Waals surface area contributed by atoms with Crippen LogP contribution in [0.25, 0.3) is 0 Å². The molecule has 2 heterocycles. The van der Waals surface area contributed by atoms with Crippen LogP contribution in [0.15, 0.2) is 0 Å². The Hall–Kier alpha value is -2.87. The summed E-state index contributed by atoms with van der Waals surface area (Å²) in [7, 11) is 1.39. The van der Waals surface area contributed by atoms with E-state index in [1.165, 1.54) is 7.11 Å². The molecule has 2 saturated heterocycles. The first-order chi connectivity index (χ1) is 24.2. The highest BCUT2D eigenvalue weighted by Crippen LogP contribution is 2.33. The topological polar surface area (TPSA) is 208 Å². The monoisotopic (exact) mass is 803 g/mol. The number of rotatable bonds is 16. The van der Waals surface area contributed by atoms with Crippen molar-refractivity contribution >= 4 is 49.0 Å². The minimum Gasteiger partial charge on any atom is -0.469 e. The van der Waals surface area contributed by atoms with Crippen LogP contribution in [0, 0.1) is 34.0 Å². The smallest absolute Gasteiger partial charge is 0.305 e. The third-order valence-corrected chi connectivity index (χ3v) is 9.45. The molecule has 0 spiro atoms. The standard InChI is InChI=1S/C14H28N2O3.2C13H24N2O2.CH4.H2S/c1-6-11(13(15)18)16-9-10(7-12(17)19-5)8-14(2,3)4;2*1-5-10(12(14)17)15-8-9(6-11(15)16)7-13(2,3)4;;/h10-11,16H,6-9H2,1-5H3,(H2,15,18);2*9-10H,5-8H2,1-4H3,(H2,14,17);1H4;1H2/t10?,11-;2*9?,10-;;/m000../s1.